The average molecular weight is 476 g/mol. The molecule has 3 N–H and O–H groups in total. The Balaban J connectivity index is 1.72. The molecular weight excluding hydrogens is 458 g/mol. The first kappa shape index (κ1) is 19.4. The maximum absolute atomic E-state index is 11.7. The number of pyridine rings is 1. The van der Waals surface area contributed by atoms with Crippen molar-refractivity contribution in [3.8, 4) is 11.4 Å². The maximum atomic E-state index is 11.7. The van der Waals surface area contributed by atoms with E-state index in [1.165, 1.54) is 0 Å². The number of halogens is 1. The van der Waals surface area contributed by atoms with Crippen molar-refractivity contribution in [3.05, 3.63) is 53.2 Å². The summed E-state index contributed by atoms with van der Waals surface area (Å²) >= 11 is 3.39. The van der Waals surface area contributed by atoms with E-state index in [2.05, 4.69) is 45.9 Å². The van der Waals surface area contributed by atoms with E-state index < -0.39 is 10.0 Å². The number of rotatable bonds is 6. The molecule has 0 fully saturated rings. The lowest BCUT2D eigenvalue weighted by Crippen LogP contribution is -2.10. The van der Waals surface area contributed by atoms with Crippen molar-refractivity contribution in [2.24, 2.45) is 7.05 Å². The molecule has 0 saturated heterocycles. The number of aromatic nitrogens is 5. The normalized spacial score (nSPS) is 11.7. The number of hydrogen-bond donors (Lipinski definition) is 3. The van der Waals surface area contributed by atoms with Crippen LogP contribution in [0.1, 0.15) is 5.82 Å². The monoisotopic (exact) mass is 475 g/mol. The summed E-state index contributed by atoms with van der Waals surface area (Å²) in [6.07, 6.45) is 6.39. The van der Waals surface area contributed by atoms with Gasteiger partial charge in [-0.3, -0.25) is 4.72 Å². The van der Waals surface area contributed by atoms with E-state index >= 15 is 0 Å². The largest absolute Gasteiger partial charge is 0.378 e. The number of aromatic amines is 1. The molecule has 9 nitrogen and oxygen atoms in total. The predicted molar refractivity (Wildman–Crippen MR) is 116 cm³/mol. The van der Waals surface area contributed by atoms with Crippen LogP contribution in [0.3, 0.4) is 0 Å². The third-order valence-electron chi connectivity index (χ3n) is 4.18. The molecule has 1 aromatic carbocycles. The highest BCUT2D eigenvalue weighted by atomic mass is 79.9. The molecule has 0 aliphatic heterocycles. The van der Waals surface area contributed by atoms with Gasteiger partial charge in [-0.2, -0.15) is 0 Å². The van der Waals surface area contributed by atoms with Gasteiger partial charge in [-0.15, -0.1) is 0 Å². The molecule has 4 rings (SSSR count). The highest BCUT2D eigenvalue weighted by Crippen LogP contribution is 2.28. The lowest BCUT2D eigenvalue weighted by molar-refractivity contribution is 0.607. The highest BCUT2D eigenvalue weighted by Gasteiger charge is 2.12. The number of nitrogens with zero attached hydrogens (tertiary/aromatic N) is 4. The fourth-order valence-corrected chi connectivity index (χ4v) is 3.76. The van der Waals surface area contributed by atoms with Gasteiger partial charge in [0, 0.05) is 41.4 Å². The van der Waals surface area contributed by atoms with Crippen LogP contribution < -0.4 is 10.0 Å². The second-order valence-electron chi connectivity index (χ2n) is 6.59. The van der Waals surface area contributed by atoms with E-state index in [0.717, 1.165) is 27.8 Å². The van der Waals surface area contributed by atoms with Gasteiger partial charge < -0.3 is 14.9 Å². The van der Waals surface area contributed by atoms with E-state index in [1.54, 1.807) is 24.5 Å². The maximum Gasteiger partial charge on any atom is 0.229 e. The van der Waals surface area contributed by atoms with Crippen molar-refractivity contribution in [1.82, 2.24) is 24.5 Å². The molecule has 0 amide bonds. The topological polar surface area (TPSA) is 118 Å². The molecule has 11 heteroatoms. The molecule has 0 aliphatic carbocycles. The van der Waals surface area contributed by atoms with Crippen molar-refractivity contribution < 1.29 is 8.42 Å². The number of hydrogen-bond acceptors (Lipinski definition) is 6. The number of sulfonamides is 1. The first-order chi connectivity index (χ1) is 13.8. The van der Waals surface area contributed by atoms with Crippen molar-refractivity contribution in [3.63, 3.8) is 0 Å². The summed E-state index contributed by atoms with van der Waals surface area (Å²) in [7, 11) is -1.52. The third-order valence-corrected chi connectivity index (χ3v) is 5.22. The van der Waals surface area contributed by atoms with E-state index in [9.17, 15) is 8.42 Å². The van der Waals surface area contributed by atoms with E-state index in [4.69, 9.17) is 0 Å². The molecule has 3 heterocycles. The standard InChI is InChI=1S/C18H18BrN7O2S/c1-26-4-3-20-16(26)10-21-13-5-11(6-14(8-13)25-29(2,27)28)17-23-15-7-12(19)9-22-18(15)24-17/h3-9,21,25H,10H2,1-2H3,(H,22,23,24). The van der Waals surface area contributed by atoms with Crippen LogP contribution in [0.5, 0.6) is 0 Å². The zero-order valence-corrected chi connectivity index (χ0v) is 18.0. The second-order valence-corrected chi connectivity index (χ2v) is 9.25. The lowest BCUT2D eigenvalue weighted by Gasteiger charge is -2.12. The summed E-state index contributed by atoms with van der Waals surface area (Å²) in [5.41, 5.74) is 3.23. The smallest absolute Gasteiger partial charge is 0.229 e. The van der Waals surface area contributed by atoms with Gasteiger partial charge in [0.05, 0.1) is 18.5 Å². The Labute approximate surface area is 175 Å². The number of nitrogens with one attached hydrogen (secondary N) is 3. The highest BCUT2D eigenvalue weighted by molar-refractivity contribution is 9.10. The average Bonchev–Trinajstić information content (AvgIpc) is 3.24. The van der Waals surface area contributed by atoms with Crippen LogP contribution >= 0.6 is 15.9 Å². The van der Waals surface area contributed by atoms with Crippen molar-refractivity contribution >= 4 is 48.5 Å². The van der Waals surface area contributed by atoms with Crippen LogP contribution in [0, 0.1) is 0 Å². The van der Waals surface area contributed by atoms with Crippen LogP contribution in [-0.2, 0) is 23.6 Å². The van der Waals surface area contributed by atoms with Gasteiger partial charge in [0.25, 0.3) is 0 Å². The second kappa shape index (κ2) is 7.48. The van der Waals surface area contributed by atoms with Gasteiger partial charge in [-0.25, -0.2) is 23.4 Å². The van der Waals surface area contributed by atoms with Crippen LogP contribution in [0.4, 0.5) is 11.4 Å². The van der Waals surface area contributed by atoms with Gasteiger partial charge in [0.2, 0.25) is 10.0 Å². The number of benzene rings is 1. The number of imidazole rings is 2. The Morgan fingerprint density at radius 2 is 1.97 bits per heavy atom. The Kier molecular flexibility index (Phi) is 5.01. The molecule has 4 aromatic rings. The predicted octanol–water partition coefficient (Wildman–Crippen LogP) is 3.10. The summed E-state index contributed by atoms with van der Waals surface area (Å²) in [4.78, 5) is 16.3. The molecule has 0 bridgehead atoms. The summed E-state index contributed by atoms with van der Waals surface area (Å²) in [6.45, 7) is 0.486. The Bertz CT molecular complexity index is 1300. The van der Waals surface area contributed by atoms with Gasteiger partial charge in [-0.05, 0) is 40.2 Å². The molecule has 3 aromatic heterocycles. The molecule has 0 aliphatic rings. The molecule has 29 heavy (non-hydrogen) atoms. The summed E-state index contributed by atoms with van der Waals surface area (Å²) in [5, 5.41) is 3.28. The molecular formula is C18H18BrN7O2S. The van der Waals surface area contributed by atoms with Crippen molar-refractivity contribution in [2.45, 2.75) is 6.54 Å². The Morgan fingerprint density at radius 1 is 1.17 bits per heavy atom. The lowest BCUT2D eigenvalue weighted by atomic mass is 10.1. The Hall–Kier alpha value is -2.92. The minimum Gasteiger partial charge on any atom is -0.378 e. The third kappa shape index (κ3) is 4.57. The number of H-pyrrole nitrogens is 1. The minimum absolute atomic E-state index is 0.432. The first-order valence-electron chi connectivity index (χ1n) is 8.61. The van der Waals surface area contributed by atoms with Crippen LogP contribution in [-0.4, -0.2) is 39.2 Å². The summed E-state index contributed by atoms with van der Waals surface area (Å²) in [6, 6.07) is 7.20. The molecule has 0 unspecified atom stereocenters. The SMILES string of the molecule is Cn1ccnc1CNc1cc(NS(C)(=O)=O)cc(-c2nc3cc(Br)cnc3[nH]2)c1. The van der Waals surface area contributed by atoms with Crippen LogP contribution in [0.2, 0.25) is 0 Å². The fourth-order valence-electron chi connectivity index (χ4n) is 2.89. The van der Waals surface area contributed by atoms with Crippen molar-refractivity contribution in [1.29, 1.82) is 0 Å². The molecule has 0 saturated carbocycles. The van der Waals surface area contributed by atoms with Gasteiger partial charge in [-0.1, -0.05) is 0 Å². The number of anilines is 2. The van der Waals surface area contributed by atoms with Gasteiger partial charge in [0.1, 0.15) is 17.2 Å². The zero-order valence-electron chi connectivity index (χ0n) is 15.6. The van der Waals surface area contributed by atoms with Gasteiger partial charge in [0.15, 0.2) is 5.65 Å². The van der Waals surface area contributed by atoms with E-state index in [-0.39, 0.29) is 0 Å². The summed E-state index contributed by atoms with van der Waals surface area (Å²) < 4.78 is 28.8. The fraction of sp³-hybridized carbons (Fsp3) is 0.167. The van der Waals surface area contributed by atoms with E-state index in [1.807, 2.05) is 29.9 Å². The van der Waals surface area contributed by atoms with Crippen LogP contribution in [0.25, 0.3) is 22.6 Å². The summed E-state index contributed by atoms with van der Waals surface area (Å²) in [5.74, 6) is 1.44. The molecule has 0 atom stereocenters. The Morgan fingerprint density at radius 3 is 2.69 bits per heavy atom. The van der Waals surface area contributed by atoms with Gasteiger partial charge >= 0.3 is 0 Å². The molecule has 0 radical (unpaired) electrons. The first-order valence-corrected chi connectivity index (χ1v) is 11.3. The van der Waals surface area contributed by atoms with E-state index in [0.29, 0.717) is 29.2 Å². The number of aryl methyl sites for hydroxylation is 1. The number of fused-ring (bicyclic) bond motifs is 1. The minimum atomic E-state index is -3.43. The van der Waals surface area contributed by atoms with Crippen molar-refractivity contribution in [2.75, 3.05) is 16.3 Å². The van der Waals surface area contributed by atoms with Crippen LogP contribution in [0.15, 0.2) is 47.3 Å². The molecule has 0 spiro atoms. The quantitative estimate of drug-likeness (QED) is 0.394. The zero-order chi connectivity index (χ0) is 20.6. The molecule has 150 valence electrons.